The normalized spacial score (nSPS) is 23.2. The molecule has 1 atom stereocenters. The molecular formula is C21H25FN2O. The third kappa shape index (κ3) is 4.07. The van der Waals surface area contributed by atoms with Gasteiger partial charge in [0.2, 0.25) is 0 Å². The Balaban J connectivity index is 1.30. The third-order valence-electron chi connectivity index (χ3n) is 5.67. The number of rotatable bonds is 4. The van der Waals surface area contributed by atoms with Crippen molar-refractivity contribution in [1.82, 2.24) is 9.88 Å². The van der Waals surface area contributed by atoms with Crippen LogP contribution in [0, 0.1) is 11.2 Å². The molecule has 25 heavy (non-hydrogen) atoms. The lowest BCUT2D eigenvalue weighted by molar-refractivity contribution is 0.0628. The van der Waals surface area contributed by atoms with Gasteiger partial charge < -0.3 is 4.74 Å². The summed E-state index contributed by atoms with van der Waals surface area (Å²) in [7, 11) is 0. The maximum atomic E-state index is 13.4. The summed E-state index contributed by atoms with van der Waals surface area (Å²) < 4.78 is 19.5. The van der Waals surface area contributed by atoms with Gasteiger partial charge in [-0.05, 0) is 74.0 Å². The fourth-order valence-corrected chi connectivity index (χ4v) is 4.21. The van der Waals surface area contributed by atoms with Gasteiger partial charge in [0.15, 0.2) is 0 Å². The van der Waals surface area contributed by atoms with E-state index in [2.05, 4.69) is 22.0 Å². The number of halogens is 1. The van der Waals surface area contributed by atoms with Gasteiger partial charge in [0.25, 0.3) is 0 Å². The smallest absolute Gasteiger partial charge is 0.123 e. The largest absolute Gasteiger partial charge is 0.377 e. The number of hydrogen-bond donors (Lipinski definition) is 0. The first-order valence-electron chi connectivity index (χ1n) is 9.19. The van der Waals surface area contributed by atoms with Crippen molar-refractivity contribution in [3.63, 3.8) is 0 Å². The first-order chi connectivity index (χ1) is 12.2. The highest BCUT2D eigenvalue weighted by molar-refractivity contribution is 5.17. The van der Waals surface area contributed by atoms with Crippen LogP contribution in [0.5, 0.6) is 0 Å². The van der Waals surface area contributed by atoms with E-state index in [0.29, 0.717) is 5.41 Å². The van der Waals surface area contributed by atoms with Crippen LogP contribution in [0.25, 0.3) is 0 Å². The second kappa shape index (κ2) is 7.22. The van der Waals surface area contributed by atoms with Crippen LogP contribution in [0.4, 0.5) is 4.39 Å². The summed E-state index contributed by atoms with van der Waals surface area (Å²) >= 11 is 0. The zero-order valence-electron chi connectivity index (χ0n) is 14.5. The molecule has 2 fully saturated rings. The van der Waals surface area contributed by atoms with Crippen molar-refractivity contribution in [3.8, 4) is 0 Å². The summed E-state index contributed by atoms with van der Waals surface area (Å²) in [5.74, 6) is -0.159. The number of aromatic nitrogens is 1. The number of ether oxygens (including phenoxy) is 1. The maximum Gasteiger partial charge on any atom is 0.123 e. The van der Waals surface area contributed by atoms with Crippen LogP contribution in [-0.4, -0.2) is 35.7 Å². The van der Waals surface area contributed by atoms with Crippen molar-refractivity contribution in [2.75, 3.05) is 19.7 Å². The Morgan fingerprint density at radius 1 is 1.16 bits per heavy atom. The number of pyridine rings is 1. The number of piperidine rings is 1. The first-order valence-corrected chi connectivity index (χ1v) is 9.19. The minimum atomic E-state index is -0.159. The molecule has 1 spiro atoms. The van der Waals surface area contributed by atoms with Gasteiger partial charge in [-0.3, -0.25) is 9.88 Å². The SMILES string of the molecule is Fc1cccc(C[C@H]2CC3(CCN(Cc4ccccn4)CC3)CO2)c1. The topological polar surface area (TPSA) is 25.4 Å². The van der Waals surface area contributed by atoms with Gasteiger partial charge in [-0.15, -0.1) is 0 Å². The second-order valence-electron chi connectivity index (χ2n) is 7.57. The van der Waals surface area contributed by atoms with E-state index in [1.54, 1.807) is 12.1 Å². The fraction of sp³-hybridized carbons (Fsp3) is 0.476. The highest BCUT2D eigenvalue weighted by Gasteiger charge is 2.42. The van der Waals surface area contributed by atoms with Crippen molar-refractivity contribution >= 4 is 0 Å². The Labute approximate surface area is 148 Å². The summed E-state index contributed by atoms with van der Waals surface area (Å²) in [6.07, 6.45) is 6.36. The Kier molecular flexibility index (Phi) is 4.82. The first kappa shape index (κ1) is 16.7. The molecule has 0 unspecified atom stereocenters. The van der Waals surface area contributed by atoms with Gasteiger partial charge in [0.05, 0.1) is 18.4 Å². The van der Waals surface area contributed by atoms with Gasteiger partial charge in [0.1, 0.15) is 5.82 Å². The lowest BCUT2D eigenvalue weighted by Gasteiger charge is -2.38. The van der Waals surface area contributed by atoms with Crippen LogP contribution in [0.2, 0.25) is 0 Å². The van der Waals surface area contributed by atoms with Gasteiger partial charge in [0, 0.05) is 12.7 Å². The van der Waals surface area contributed by atoms with Crippen LogP contribution in [-0.2, 0) is 17.7 Å². The van der Waals surface area contributed by atoms with E-state index >= 15 is 0 Å². The molecule has 0 saturated carbocycles. The molecule has 132 valence electrons. The van der Waals surface area contributed by atoms with Crippen molar-refractivity contribution in [3.05, 3.63) is 65.7 Å². The lowest BCUT2D eigenvalue weighted by atomic mass is 9.76. The summed E-state index contributed by atoms with van der Waals surface area (Å²) in [6, 6.07) is 13.0. The van der Waals surface area contributed by atoms with E-state index in [4.69, 9.17) is 4.74 Å². The Morgan fingerprint density at radius 2 is 2.04 bits per heavy atom. The van der Waals surface area contributed by atoms with Gasteiger partial charge in [-0.1, -0.05) is 18.2 Å². The number of likely N-dealkylation sites (tertiary alicyclic amines) is 1. The minimum Gasteiger partial charge on any atom is -0.377 e. The molecule has 2 saturated heterocycles. The number of benzene rings is 1. The van der Waals surface area contributed by atoms with E-state index in [1.807, 2.05) is 18.3 Å². The molecule has 4 rings (SSSR count). The summed E-state index contributed by atoms with van der Waals surface area (Å²) in [6.45, 7) is 3.99. The van der Waals surface area contributed by atoms with Gasteiger partial charge in [-0.25, -0.2) is 4.39 Å². The molecule has 2 aromatic rings. The van der Waals surface area contributed by atoms with E-state index < -0.39 is 0 Å². The van der Waals surface area contributed by atoms with Crippen molar-refractivity contribution in [1.29, 1.82) is 0 Å². The zero-order chi connectivity index (χ0) is 17.1. The van der Waals surface area contributed by atoms with Crippen LogP contribution in [0.15, 0.2) is 48.7 Å². The highest BCUT2D eigenvalue weighted by Crippen LogP contribution is 2.42. The van der Waals surface area contributed by atoms with Crippen LogP contribution >= 0.6 is 0 Å². The number of nitrogens with zero attached hydrogens (tertiary/aromatic N) is 2. The predicted molar refractivity (Wildman–Crippen MR) is 95.6 cm³/mol. The molecule has 0 bridgehead atoms. The Bertz CT molecular complexity index is 698. The molecule has 0 amide bonds. The summed E-state index contributed by atoms with van der Waals surface area (Å²) in [4.78, 5) is 6.92. The average molecular weight is 340 g/mol. The van der Waals surface area contributed by atoms with E-state index in [-0.39, 0.29) is 11.9 Å². The van der Waals surface area contributed by atoms with Crippen molar-refractivity contribution < 1.29 is 9.13 Å². The Hall–Kier alpha value is -1.78. The molecule has 0 aliphatic carbocycles. The second-order valence-corrected chi connectivity index (χ2v) is 7.57. The van der Waals surface area contributed by atoms with Crippen molar-refractivity contribution in [2.45, 2.75) is 38.3 Å². The van der Waals surface area contributed by atoms with Gasteiger partial charge >= 0.3 is 0 Å². The molecule has 3 heterocycles. The molecule has 4 heteroatoms. The molecule has 3 nitrogen and oxygen atoms in total. The quantitative estimate of drug-likeness (QED) is 0.846. The standard InChI is InChI=1S/C21H25FN2O/c22-18-5-3-4-17(12-18)13-20-14-21(16-25-20)7-10-24(11-8-21)15-19-6-1-2-9-23-19/h1-6,9,12,20H,7-8,10-11,13-16H2/t20-/m0/s1. The van der Waals surface area contributed by atoms with E-state index in [1.165, 1.54) is 18.9 Å². The third-order valence-corrected chi connectivity index (χ3v) is 5.67. The van der Waals surface area contributed by atoms with Crippen LogP contribution in [0.1, 0.15) is 30.5 Å². The van der Waals surface area contributed by atoms with Crippen LogP contribution in [0.3, 0.4) is 0 Å². The maximum absolute atomic E-state index is 13.4. The fourth-order valence-electron chi connectivity index (χ4n) is 4.21. The summed E-state index contributed by atoms with van der Waals surface area (Å²) in [5, 5.41) is 0. The van der Waals surface area contributed by atoms with Gasteiger partial charge in [-0.2, -0.15) is 0 Å². The molecule has 0 N–H and O–H groups in total. The average Bonchev–Trinajstić information content (AvgIpc) is 3.01. The number of hydrogen-bond acceptors (Lipinski definition) is 3. The molecule has 2 aliphatic heterocycles. The Morgan fingerprint density at radius 3 is 2.80 bits per heavy atom. The molecule has 1 aromatic carbocycles. The lowest BCUT2D eigenvalue weighted by Crippen LogP contribution is -2.40. The minimum absolute atomic E-state index is 0.159. The van der Waals surface area contributed by atoms with E-state index in [0.717, 1.165) is 50.3 Å². The molecule has 0 radical (unpaired) electrons. The molecule has 2 aliphatic rings. The molecular weight excluding hydrogens is 315 g/mol. The van der Waals surface area contributed by atoms with Crippen molar-refractivity contribution in [2.24, 2.45) is 5.41 Å². The van der Waals surface area contributed by atoms with Crippen LogP contribution < -0.4 is 0 Å². The molecule has 1 aromatic heterocycles. The monoisotopic (exact) mass is 340 g/mol. The summed E-state index contributed by atoms with van der Waals surface area (Å²) in [5.41, 5.74) is 2.50. The van der Waals surface area contributed by atoms with E-state index in [9.17, 15) is 4.39 Å². The highest BCUT2D eigenvalue weighted by atomic mass is 19.1. The zero-order valence-corrected chi connectivity index (χ0v) is 14.5. The predicted octanol–water partition coefficient (Wildman–Crippen LogP) is 3.83.